The fourth-order valence-electron chi connectivity index (χ4n) is 2.90. The molecule has 0 saturated heterocycles. The van der Waals surface area contributed by atoms with E-state index in [0.717, 1.165) is 35.1 Å². The summed E-state index contributed by atoms with van der Waals surface area (Å²) in [6.45, 7) is 2.96. The largest absolute Gasteiger partial charge is 0.484 e. The number of hydrogen-bond donors (Lipinski definition) is 2. The molecule has 1 aromatic heterocycles. The van der Waals surface area contributed by atoms with Crippen LogP contribution in [0.1, 0.15) is 18.9 Å². The van der Waals surface area contributed by atoms with Crippen LogP contribution in [0.5, 0.6) is 5.75 Å². The van der Waals surface area contributed by atoms with E-state index < -0.39 is 5.91 Å². The Bertz CT molecular complexity index is 1000. The number of amides is 2. The lowest BCUT2D eigenvalue weighted by Gasteiger charge is -2.05. The van der Waals surface area contributed by atoms with Gasteiger partial charge >= 0.3 is 0 Å². The number of rotatable bonds is 8. The van der Waals surface area contributed by atoms with E-state index >= 15 is 0 Å². The van der Waals surface area contributed by atoms with E-state index in [2.05, 4.69) is 29.1 Å². The fraction of sp³-hybridized carbons (Fsp3) is 0.182. The van der Waals surface area contributed by atoms with Gasteiger partial charge in [0.1, 0.15) is 5.75 Å². The van der Waals surface area contributed by atoms with Crippen molar-refractivity contribution in [1.29, 1.82) is 0 Å². The van der Waals surface area contributed by atoms with Crippen molar-refractivity contribution in [2.45, 2.75) is 19.9 Å². The van der Waals surface area contributed by atoms with Crippen LogP contribution in [0.4, 0.5) is 5.69 Å². The second kappa shape index (κ2) is 8.90. The van der Waals surface area contributed by atoms with Crippen LogP contribution in [0.15, 0.2) is 60.8 Å². The number of nitrogens with one attached hydrogen (secondary N) is 1. The number of anilines is 1. The average molecular weight is 377 g/mol. The maximum Gasteiger partial charge on any atom is 0.255 e. The van der Waals surface area contributed by atoms with E-state index in [1.54, 1.807) is 30.3 Å². The Labute approximate surface area is 163 Å². The molecule has 0 aliphatic rings. The first kappa shape index (κ1) is 19.2. The fourth-order valence-corrected chi connectivity index (χ4v) is 2.90. The first-order chi connectivity index (χ1) is 13.5. The summed E-state index contributed by atoms with van der Waals surface area (Å²) in [6, 6.07) is 15.0. The monoisotopic (exact) mass is 377 g/mol. The van der Waals surface area contributed by atoms with Crippen molar-refractivity contribution in [2.24, 2.45) is 5.73 Å². The van der Waals surface area contributed by atoms with Gasteiger partial charge in [-0.3, -0.25) is 9.59 Å². The molecule has 0 spiro atoms. The van der Waals surface area contributed by atoms with Crippen LogP contribution in [0.2, 0.25) is 0 Å². The minimum Gasteiger partial charge on any atom is -0.484 e. The van der Waals surface area contributed by atoms with Gasteiger partial charge in [0.05, 0.1) is 0 Å². The van der Waals surface area contributed by atoms with Crippen molar-refractivity contribution < 1.29 is 14.3 Å². The highest BCUT2D eigenvalue weighted by Crippen LogP contribution is 2.21. The summed E-state index contributed by atoms with van der Waals surface area (Å²) < 4.78 is 7.41. The Morgan fingerprint density at radius 2 is 1.93 bits per heavy atom. The first-order valence-corrected chi connectivity index (χ1v) is 9.14. The summed E-state index contributed by atoms with van der Waals surface area (Å²) in [6.07, 6.45) is 6.33. The topological polar surface area (TPSA) is 86.3 Å². The first-order valence-electron chi connectivity index (χ1n) is 9.14. The van der Waals surface area contributed by atoms with Crippen molar-refractivity contribution in [2.75, 3.05) is 11.9 Å². The number of benzene rings is 2. The van der Waals surface area contributed by atoms with E-state index in [-0.39, 0.29) is 12.5 Å². The van der Waals surface area contributed by atoms with Crippen LogP contribution >= 0.6 is 0 Å². The average Bonchev–Trinajstić information content (AvgIpc) is 3.08. The molecule has 0 radical (unpaired) electrons. The quantitative estimate of drug-likeness (QED) is 0.589. The number of primary amides is 1. The summed E-state index contributed by atoms with van der Waals surface area (Å²) in [5, 5.41) is 3.98. The molecule has 2 amide bonds. The Hall–Kier alpha value is -3.54. The van der Waals surface area contributed by atoms with Crippen LogP contribution < -0.4 is 15.8 Å². The number of aromatic nitrogens is 1. The maximum absolute atomic E-state index is 12.2. The zero-order valence-electron chi connectivity index (χ0n) is 15.7. The summed E-state index contributed by atoms with van der Waals surface area (Å²) in [7, 11) is 0. The van der Waals surface area contributed by atoms with Gasteiger partial charge in [0.15, 0.2) is 6.61 Å². The van der Waals surface area contributed by atoms with Crippen molar-refractivity contribution in [3.8, 4) is 5.75 Å². The number of aryl methyl sites for hydroxylation is 1. The van der Waals surface area contributed by atoms with Crippen molar-refractivity contribution in [3.63, 3.8) is 0 Å². The predicted octanol–water partition coefficient (Wildman–Crippen LogP) is 3.57. The third-order valence-corrected chi connectivity index (χ3v) is 4.19. The van der Waals surface area contributed by atoms with Gasteiger partial charge in [0.25, 0.3) is 5.91 Å². The van der Waals surface area contributed by atoms with E-state index in [9.17, 15) is 9.59 Å². The number of carbonyl (C=O) groups is 2. The van der Waals surface area contributed by atoms with Gasteiger partial charge in [-0.2, -0.15) is 0 Å². The zero-order chi connectivity index (χ0) is 19.9. The highest BCUT2D eigenvalue weighted by molar-refractivity contribution is 6.03. The molecule has 144 valence electrons. The third-order valence-electron chi connectivity index (χ3n) is 4.19. The smallest absolute Gasteiger partial charge is 0.255 e. The summed E-state index contributed by atoms with van der Waals surface area (Å²) in [5.41, 5.74) is 7.80. The van der Waals surface area contributed by atoms with Gasteiger partial charge in [-0.25, -0.2) is 0 Å². The van der Waals surface area contributed by atoms with E-state index in [0.29, 0.717) is 5.75 Å². The lowest BCUT2D eigenvalue weighted by molar-refractivity contribution is -0.120. The van der Waals surface area contributed by atoms with Gasteiger partial charge in [-0.05, 0) is 54.5 Å². The number of nitrogens with zero attached hydrogens (tertiary/aromatic N) is 1. The van der Waals surface area contributed by atoms with Gasteiger partial charge in [-0.15, -0.1) is 0 Å². The maximum atomic E-state index is 12.2. The van der Waals surface area contributed by atoms with Gasteiger partial charge < -0.3 is 20.4 Å². The number of fused-ring (bicyclic) bond motifs is 1. The molecule has 6 heteroatoms. The molecule has 28 heavy (non-hydrogen) atoms. The standard InChI is InChI=1S/C22H23N3O3/c1-2-12-25-13-11-17-14-18(6-9-20(17)25)24-22(27)10-5-16-3-7-19(8-4-16)28-15-21(23)26/h3-11,13-14H,2,12,15H2,1H3,(H2,23,26)(H,24,27). The zero-order valence-corrected chi connectivity index (χ0v) is 15.7. The van der Waals surface area contributed by atoms with Crippen LogP contribution in [-0.4, -0.2) is 23.0 Å². The SMILES string of the molecule is CCCn1ccc2cc(NC(=O)C=Cc3ccc(OCC(N)=O)cc3)ccc21. The van der Waals surface area contributed by atoms with Crippen LogP contribution in [0.3, 0.4) is 0 Å². The molecule has 3 N–H and O–H groups in total. The van der Waals surface area contributed by atoms with Crippen molar-refractivity contribution >= 4 is 34.5 Å². The van der Waals surface area contributed by atoms with E-state index in [4.69, 9.17) is 10.5 Å². The second-order valence-electron chi connectivity index (χ2n) is 6.43. The predicted molar refractivity (Wildman–Crippen MR) is 111 cm³/mol. The molecule has 1 heterocycles. The number of hydrogen-bond acceptors (Lipinski definition) is 3. The molecular weight excluding hydrogens is 354 g/mol. The Balaban J connectivity index is 1.60. The molecule has 3 rings (SSSR count). The van der Waals surface area contributed by atoms with Gasteiger partial charge in [0, 0.05) is 35.4 Å². The highest BCUT2D eigenvalue weighted by atomic mass is 16.5. The molecule has 0 bridgehead atoms. The number of ether oxygens (including phenoxy) is 1. The molecule has 2 aromatic carbocycles. The molecular formula is C22H23N3O3. The summed E-state index contributed by atoms with van der Waals surface area (Å²) >= 11 is 0. The molecule has 0 aliphatic carbocycles. The summed E-state index contributed by atoms with van der Waals surface area (Å²) in [5.74, 6) is -0.189. The van der Waals surface area contributed by atoms with E-state index in [1.165, 1.54) is 6.08 Å². The molecule has 0 saturated carbocycles. The number of nitrogens with two attached hydrogens (primary N) is 1. The molecule has 0 aliphatic heterocycles. The minimum absolute atomic E-state index is 0.163. The van der Waals surface area contributed by atoms with Gasteiger partial charge in [-0.1, -0.05) is 19.1 Å². The molecule has 0 fully saturated rings. The van der Waals surface area contributed by atoms with Crippen LogP contribution in [0, 0.1) is 0 Å². The highest BCUT2D eigenvalue weighted by Gasteiger charge is 2.04. The molecule has 0 atom stereocenters. The molecule has 6 nitrogen and oxygen atoms in total. The normalized spacial score (nSPS) is 11.0. The lowest BCUT2D eigenvalue weighted by Crippen LogP contribution is -2.19. The Morgan fingerprint density at radius 3 is 2.64 bits per heavy atom. The number of carbonyl (C=O) groups excluding carboxylic acids is 2. The minimum atomic E-state index is -0.527. The van der Waals surface area contributed by atoms with Crippen LogP contribution in [0.25, 0.3) is 17.0 Å². The second-order valence-corrected chi connectivity index (χ2v) is 6.43. The lowest BCUT2D eigenvalue weighted by atomic mass is 10.2. The Morgan fingerprint density at radius 1 is 1.14 bits per heavy atom. The van der Waals surface area contributed by atoms with E-state index in [1.807, 2.05) is 18.2 Å². The summed E-state index contributed by atoms with van der Waals surface area (Å²) in [4.78, 5) is 22.9. The molecule has 3 aromatic rings. The Kier molecular flexibility index (Phi) is 6.11. The molecule has 0 unspecified atom stereocenters. The van der Waals surface area contributed by atoms with Gasteiger partial charge in [0.2, 0.25) is 5.91 Å². The third kappa shape index (κ3) is 5.01. The van der Waals surface area contributed by atoms with Crippen molar-refractivity contribution in [1.82, 2.24) is 4.57 Å². The van der Waals surface area contributed by atoms with Crippen LogP contribution in [-0.2, 0) is 16.1 Å². The van der Waals surface area contributed by atoms with Crippen molar-refractivity contribution in [3.05, 3.63) is 66.4 Å².